The molecule has 8 nitrogen and oxygen atoms in total. The molecule has 0 spiro atoms. The van der Waals surface area contributed by atoms with Crippen LogP contribution in [0.1, 0.15) is 5.56 Å². The van der Waals surface area contributed by atoms with Gasteiger partial charge in [-0.25, -0.2) is 31.5 Å². The molecule has 4 N–H and O–H groups in total. The number of benzene rings is 3. The zero-order valence-electron chi connectivity index (χ0n) is 16.2. The summed E-state index contributed by atoms with van der Waals surface area (Å²) in [6.45, 7) is 1.79. The predicted octanol–water partition coefficient (Wildman–Crippen LogP) is 3.47. The largest absolute Gasteiger partial charge is 0.333 e. The number of sulfonamides is 2. The van der Waals surface area contributed by atoms with Crippen LogP contribution in [0.25, 0.3) is 11.1 Å². The van der Waals surface area contributed by atoms with Crippen LogP contribution in [-0.4, -0.2) is 22.9 Å². The lowest BCUT2D eigenvalue weighted by Gasteiger charge is -2.16. The van der Waals surface area contributed by atoms with E-state index in [0.717, 1.165) is 5.56 Å². The number of primary sulfonamides is 1. The van der Waals surface area contributed by atoms with E-state index in [1.807, 2.05) is 4.72 Å². The van der Waals surface area contributed by atoms with Crippen molar-refractivity contribution in [3.8, 4) is 11.1 Å². The standard InChI is InChI=1S/C20H18ClN3O5S2/c1-13-5-11-16(12-6-13)31(28,29)24-20(25)23-19-17(14-7-9-15(21)10-8-14)3-2-4-18(19)30(22,26)27/h2-12H,1H3,(H2,22,26,27)(H2,23,24,25). The Labute approximate surface area is 185 Å². The van der Waals surface area contributed by atoms with Crippen molar-refractivity contribution in [3.63, 3.8) is 0 Å². The Morgan fingerprint density at radius 2 is 1.52 bits per heavy atom. The van der Waals surface area contributed by atoms with Crippen molar-refractivity contribution in [2.45, 2.75) is 16.7 Å². The molecule has 0 aliphatic carbocycles. The van der Waals surface area contributed by atoms with Crippen LogP contribution >= 0.6 is 11.6 Å². The summed E-state index contributed by atoms with van der Waals surface area (Å²) in [7, 11) is -8.42. The molecule has 162 valence electrons. The summed E-state index contributed by atoms with van der Waals surface area (Å²) in [5.41, 5.74) is 1.53. The second-order valence-corrected chi connectivity index (χ2v) is 10.3. The van der Waals surface area contributed by atoms with Gasteiger partial charge >= 0.3 is 6.03 Å². The molecule has 0 fully saturated rings. The van der Waals surface area contributed by atoms with Crippen molar-refractivity contribution in [3.05, 3.63) is 77.3 Å². The van der Waals surface area contributed by atoms with E-state index < -0.39 is 26.1 Å². The molecule has 3 aromatic carbocycles. The molecule has 0 bridgehead atoms. The monoisotopic (exact) mass is 479 g/mol. The molecule has 31 heavy (non-hydrogen) atoms. The van der Waals surface area contributed by atoms with E-state index in [0.29, 0.717) is 16.1 Å². The van der Waals surface area contributed by atoms with Gasteiger partial charge in [0.05, 0.1) is 10.6 Å². The van der Waals surface area contributed by atoms with Gasteiger partial charge in [0.25, 0.3) is 10.0 Å². The third kappa shape index (κ3) is 5.42. The molecule has 0 aliphatic heterocycles. The normalized spacial score (nSPS) is 11.7. The maximum atomic E-state index is 12.5. The zero-order chi connectivity index (χ0) is 22.8. The van der Waals surface area contributed by atoms with Gasteiger partial charge in [0.1, 0.15) is 4.90 Å². The molecule has 0 aromatic heterocycles. The SMILES string of the molecule is Cc1ccc(S(=O)(=O)NC(=O)Nc2c(-c3ccc(Cl)cc3)cccc2S(N)(=O)=O)cc1. The highest BCUT2D eigenvalue weighted by Gasteiger charge is 2.23. The van der Waals surface area contributed by atoms with Gasteiger partial charge in [-0.3, -0.25) is 0 Å². The number of urea groups is 1. The average molecular weight is 480 g/mol. The number of carbonyl (C=O) groups excluding carboxylic acids is 1. The molecule has 3 rings (SSSR count). The number of rotatable bonds is 5. The van der Waals surface area contributed by atoms with Crippen molar-refractivity contribution in [1.82, 2.24) is 4.72 Å². The van der Waals surface area contributed by atoms with E-state index in [4.69, 9.17) is 16.7 Å². The van der Waals surface area contributed by atoms with Crippen molar-refractivity contribution in [2.75, 3.05) is 5.32 Å². The Morgan fingerprint density at radius 1 is 0.903 bits per heavy atom. The average Bonchev–Trinajstić information content (AvgIpc) is 2.68. The van der Waals surface area contributed by atoms with Crippen LogP contribution in [0.3, 0.4) is 0 Å². The van der Waals surface area contributed by atoms with Gasteiger partial charge in [0, 0.05) is 10.6 Å². The summed E-state index contributed by atoms with van der Waals surface area (Å²) < 4.78 is 51.0. The summed E-state index contributed by atoms with van der Waals surface area (Å²) in [4.78, 5) is 12.0. The Bertz CT molecular complexity index is 1340. The first-order valence-corrected chi connectivity index (χ1v) is 12.2. The fourth-order valence-electron chi connectivity index (χ4n) is 2.80. The maximum absolute atomic E-state index is 12.5. The molecule has 3 aromatic rings. The smallest absolute Gasteiger partial charge is 0.305 e. The molecule has 0 atom stereocenters. The summed E-state index contributed by atoms with van der Waals surface area (Å²) in [5.74, 6) is 0. The lowest BCUT2D eigenvalue weighted by atomic mass is 10.0. The molecule has 0 unspecified atom stereocenters. The van der Waals surface area contributed by atoms with Crippen molar-refractivity contribution in [2.24, 2.45) is 5.14 Å². The van der Waals surface area contributed by atoms with Crippen LogP contribution in [0.2, 0.25) is 5.02 Å². The first-order chi connectivity index (χ1) is 14.5. The van der Waals surface area contributed by atoms with Gasteiger partial charge in [-0.05, 0) is 42.8 Å². The Morgan fingerprint density at radius 3 is 2.10 bits per heavy atom. The minimum atomic E-state index is -4.24. The van der Waals surface area contributed by atoms with Crippen LogP contribution < -0.4 is 15.2 Å². The quantitative estimate of drug-likeness (QED) is 0.514. The Kier molecular flexibility index (Phi) is 6.37. The van der Waals surface area contributed by atoms with Crippen LogP contribution in [-0.2, 0) is 20.0 Å². The summed E-state index contributed by atoms with van der Waals surface area (Å²) in [5, 5.41) is 8.07. The molecule has 11 heteroatoms. The third-order valence-corrected chi connectivity index (χ3v) is 6.84. The number of hydrogen-bond acceptors (Lipinski definition) is 5. The number of halogens is 1. The van der Waals surface area contributed by atoms with Crippen LogP contribution in [0.15, 0.2) is 76.5 Å². The van der Waals surface area contributed by atoms with E-state index in [9.17, 15) is 21.6 Å². The van der Waals surface area contributed by atoms with Crippen molar-refractivity contribution in [1.29, 1.82) is 0 Å². The Hall–Kier alpha value is -2.92. The topological polar surface area (TPSA) is 135 Å². The number of carbonyl (C=O) groups is 1. The first kappa shape index (κ1) is 22.8. The van der Waals surface area contributed by atoms with Gasteiger partial charge in [0.2, 0.25) is 10.0 Å². The second kappa shape index (κ2) is 8.67. The molecule has 0 saturated carbocycles. The molecule has 2 amide bonds. The van der Waals surface area contributed by atoms with E-state index in [1.165, 1.54) is 24.3 Å². The number of nitrogens with one attached hydrogen (secondary N) is 2. The number of aryl methyl sites for hydroxylation is 1. The lowest BCUT2D eigenvalue weighted by molar-refractivity contribution is 0.256. The van der Waals surface area contributed by atoms with E-state index in [1.54, 1.807) is 49.4 Å². The lowest BCUT2D eigenvalue weighted by Crippen LogP contribution is -2.35. The Balaban J connectivity index is 2.00. The number of anilines is 1. The maximum Gasteiger partial charge on any atom is 0.333 e. The number of amides is 2. The van der Waals surface area contributed by atoms with Crippen molar-refractivity contribution >= 4 is 43.4 Å². The van der Waals surface area contributed by atoms with Gasteiger partial charge in [-0.15, -0.1) is 0 Å². The van der Waals surface area contributed by atoms with E-state index in [-0.39, 0.29) is 15.5 Å². The van der Waals surface area contributed by atoms with E-state index in [2.05, 4.69) is 5.32 Å². The summed E-state index contributed by atoms with van der Waals surface area (Å²) in [6.07, 6.45) is 0. The van der Waals surface area contributed by atoms with Crippen LogP contribution in [0.4, 0.5) is 10.5 Å². The minimum Gasteiger partial charge on any atom is -0.305 e. The zero-order valence-corrected chi connectivity index (χ0v) is 18.6. The van der Waals surface area contributed by atoms with Crippen molar-refractivity contribution < 1.29 is 21.6 Å². The van der Waals surface area contributed by atoms with Gasteiger partial charge in [-0.1, -0.05) is 53.6 Å². The van der Waals surface area contributed by atoms with Crippen LogP contribution in [0, 0.1) is 6.92 Å². The van der Waals surface area contributed by atoms with E-state index >= 15 is 0 Å². The highest BCUT2D eigenvalue weighted by atomic mass is 35.5. The highest BCUT2D eigenvalue weighted by molar-refractivity contribution is 7.90. The fourth-order valence-corrected chi connectivity index (χ4v) is 4.55. The highest BCUT2D eigenvalue weighted by Crippen LogP contribution is 2.33. The van der Waals surface area contributed by atoms with Gasteiger partial charge in [0.15, 0.2) is 0 Å². The second-order valence-electron chi connectivity index (χ2n) is 6.60. The number of nitrogens with two attached hydrogens (primary N) is 1. The number of hydrogen-bond donors (Lipinski definition) is 3. The first-order valence-electron chi connectivity index (χ1n) is 8.79. The van der Waals surface area contributed by atoms with Gasteiger partial charge in [-0.2, -0.15) is 0 Å². The third-order valence-electron chi connectivity index (χ3n) is 4.28. The molecule has 0 aliphatic rings. The van der Waals surface area contributed by atoms with Gasteiger partial charge < -0.3 is 5.32 Å². The summed E-state index contributed by atoms with van der Waals surface area (Å²) in [6, 6.07) is 15.4. The van der Waals surface area contributed by atoms with Crippen LogP contribution in [0.5, 0.6) is 0 Å². The summed E-state index contributed by atoms with van der Waals surface area (Å²) >= 11 is 5.91. The molecule has 0 heterocycles. The minimum absolute atomic E-state index is 0.120. The predicted molar refractivity (Wildman–Crippen MR) is 119 cm³/mol. The molecular weight excluding hydrogens is 462 g/mol. The molecule has 0 radical (unpaired) electrons. The number of para-hydroxylation sites is 1. The molecular formula is C20H18ClN3O5S2. The fraction of sp³-hybridized carbons (Fsp3) is 0.0500. The molecule has 0 saturated heterocycles.